The first-order valence-electron chi connectivity index (χ1n) is 6.99. The Hall–Kier alpha value is -1.30. The van der Waals surface area contributed by atoms with E-state index in [9.17, 15) is 9.59 Å². The summed E-state index contributed by atoms with van der Waals surface area (Å²) in [5.41, 5.74) is 5.34. The normalized spacial score (nSPS) is 16.4. The van der Waals surface area contributed by atoms with Crippen LogP contribution in [0.25, 0.3) is 0 Å². The highest BCUT2D eigenvalue weighted by Gasteiger charge is 2.25. The largest absolute Gasteiger partial charge is 0.481 e. The van der Waals surface area contributed by atoms with Gasteiger partial charge in [-0.3, -0.25) is 4.79 Å². The molecule has 0 bridgehead atoms. The van der Waals surface area contributed by atoms with Crippen LogP contribution in [0, 0.1) is 5.92 Å². The molecule has 6 nitrogen and oxygen atoms in total. The maximum atomic E-state index is 11.6. The first-order valence-corrected chi connectivity index (χ1v) is 6.99. The van der Waals surface area contributed by atoms with E-state index < -0.39 is 11.6 Å². The lowest BCUT2D eigenvalue weighted by Gasteiger charge is -2.32. The molecule has 118 valence electrons. The van der Waals surface area contributed by atoms with Gasteiger partial charge in [-0.15, -0.1) is 0 Å². The van der Waals surface area contributed by atoms with E-state index in [1.807, 2.05) is 20.8 Å². The minimum atomic E-state index is -0.741. The molecule has 0 unspecified atom stereocenters. The number of carbonyl (C=O) groups excluding carboxylic acids is 1. The molecule has 1 aliphatic heterocycles. The minimum Gasteiger partial charge on any atom is -0.481 e. The topological polar surface area (TPSA) is 92.9 Å². The molecular formula is C14H28N2O4. The SMILES string of the molecule is CC(C)(C)OC(=O)N1CCC(N)CC1.CC(C)C(=O)O. The van der Waals surface area contributed by atoms with Crippen molar-refractivity contribution in [3.05, 3.63) is 0 Å². The molecule has 0 aromatic carbocycles. The molecule has 20 heavy (non-hydrogen) atoms. The second-order valence-electron chi connectivity index (χ2n) is 6.30. The third-order valence-electron chi connectivity index (χ3n) is 2.69. The molecule has 1 heterocycles. The van der Waals surface area contributed by atoms with Gasteiger partial charge >= 0.3 is 12.1 Å². The number of amides is 1. The molecule has 0 aliphatic carbocycles. The quantitative estimate of drug-likeness (QED) is 0.770. The number of nitrogens with zero attached hydrogens (tertiary/aromatic N) is 1. The maximum Gasteiger partial charge on any atom is 0.410 e. The van der Waals surface area contributed by atoms with E-state index in [1.165, 1.54) is 0 Å². The molecule has 6 heteroatoms. The van der Waals surface area contributed by atoms with Crippen LogP contribution in [0.1, 0.15) is 47.5 Å². The molecule has 1 amide bonds. The summed E-state index contributed by atoms with van der Waals surface area (Å²) in [4.78, 5) is 23.0. The monoisotopic (exact) mass is 288 g/mol. The van der Waals surface area contributed by atoms with Crippen molar-refractivity contribution < 1.29 is 19.4 Å². The molecule has 0 aromatic heterocycles. The number of carboxylic acid groups (broad SMARTS) is 1. The van der Waals surface area contributed by atoms with E-state index in [-0.39, 0.29) is 18.1 Å². The summed E-state index contributed by atoms with van der Waals surface area (Å²) >= 11 is 0. The van der Waals surface area contributed by atoms with Gasteiger partial charge in [0.15, 0.2) is 0 Å². The lowest BCUT2D eigenvalue weighted by molar-refractivity contribution is -0.140. The second-order valence-corrected chi connectivity index (χ2v) is 6.30. The predicted octanol–water partition coefficient (Wildman–Crippen LogP) is 2.07. The standard InChI is InChI=1S/C10H20N2O2.C4H8O2/c1-10(2,3)14-9(13)12-6-4-8(11)5-7-12;1-3(2)4(5)6/h8H,4-7,11H2,1-3H3;3H,1-2H3,(H,5,6). The minimum absolute atomic E-state index is 0.218. The average Bonchev–Trinajstić information content (AvgIpc) is 2.28. The summed E-state index contributed by atoms with van der Waals surface area (Å²) in [6.07, 6.45) is 1.53. The van der Waals surface area contributed by atoms with E-state index in [4.69, 9.17) is 15.6 Å². The van der Waals surface area contributed by atoms with E-state index in [2.05, 4.69) is 0 Å². The summed E-state index contributed by atoms with van der Waals surface area (Å²) in [6.45, 7) is 10.3. The molecule has 1 aliphatic rings. The fourth-order valence-corrected chi connectivity index (χ4v) is 1.41. The lowest BCUT2D eigenvalue weighted by Crippen LogP contribution is -2.44. The average molecular weight is 288 g/mol. The highest BCUT2D eigenvalue weighted by atomic mass is 16.6. The molecule has 0 atom stereocenters. The van der Waals surface area contributed by atoms with Crippen LogP contribution in [0.15, 0.2) is 0 Å². The van der Waals surface area contributed by atoms with Gasteiger partial charge in [0.25, 0.3) is 0 Å². The third-order valence-corrected chi connectivity index (χ3v) is 2.69. The van der Waals surface area contributed by atoms with Crippen molar-refractivity contribution in [2.75, 3.05) is 13.1 Å². The Balaban J connectivity index is 0.000000511. The number of piperidine rings is 1. The van der Waals surface area contributed by atoms with E-state index in [0.717, 1.165) is 25.9 Å². The lowest BCUT2D eigenvalue weighted by atomic mass is 10.1. The Bertz CT molecular complexity index is 316. The van der Waals surface area contributed by atoms with E-state index >= 15 is 0 Å². The molecule has 0 aromatic rings. The summed E-state index contributed by atoms with van der Waals surface area (Å²) in [5, 5.41) is 7.99. The van der Waals surface area contributed by atoms with Gasteiger partial charge in [0.05, 0.1) is 5.92 Å². The molecule has 3 N–H and O–H groups in total. The van der Waals surface area contributed by atoms with E-state index in [0.29, 0.717) is 0 Å². The smallest absolute Gasteiger partial charge is 0.410 e. The van der Waals surface area contributed by atoms with Crippen molar-refractivity contribution in [2.24, 2.45) is 11.7 Å². The summed E-state index contributed by atoms with van der Waals surface area (Å²) in [7, 11) is 0. The van der Waals surface area contributed by atoms with Gasteiger partial charge in [-0.05, 0) is 33.6 Å². The number of nitrogens with two attached hydrogens (primary N) is 1. The highest BCUT2D eigenvalue weighted by molar-refractivity contribution is 5.69. The van der Waals surface area contributed by atoms with Crippen LogP contribution in [-0.2, 0) is 9.53 Å². The molecule has 1 fully saturated rings. The van der Waals surface area contributed by atoms with Gasteiger partial charge in [-0.2, -0.15) is 0 Å². The number of likely N-dealkylation sites (tertiary alicyclic amines) is 1. The van der Waals surface area contributed by atoms with Crippen molar-refractivity contribution in [1.29, 1.82) is 0 Å². The Labute approximate surface area is 121 Å². The van der Waals surface area contributed by atoms with Crippen molar-refractivity contribution >= 4 is 12.1 Å². The van der Waals surface area contributed by atoms with Crippen LogP contribution in [0.4, 0.5) is 4.79 Å². The number of carboxylic acids is 1. The number of hydrogen-bond acceptors (Lipinski definition) is 4. The van der Waals surface area contributed by atoms with Gasteiger partial charge in [0.1, 0.15) is 5.60 Å². The molecular weight excluding hydrogens is 260 g/mol. The number of rotatable bonds is 1. The molecule has 1 rings (SSSR count). The molecule has 0 radical (unpaired) electrons. The predicted molar refractivity (Wildman–Crippen MR) is 77.5 cm³/mol. The highest BCUT2D eigenvalue weighted by Crippen LogP contribution is 2.14. The fraction of sp³-hybridized carbons (Fsp3) is 0.857. The first kappa shape index (κ1) is 18.7. The number of carbonyl (C=O) groups is 2. The Morgan fingerprint density at radius 2 is 1.65 bits per heavy atom. The maximum absolute atomic E-state index is 11.6. The summed E-state index contributed by atoms with van der Waals surface area (Å²) < 4.78 is 5.26. The number of hydrogen-bond donors (Lipinski definition) is 2. The first-order chi connectivity index (χ1) is 9.03. The summed E-state index contributed by atoms with van der Waals surface area (Å²) in [5.74, 6) is -0.972. The second kappa shape index (κ2) is 8.09. The molecule has 0 spiro atoms. The van der Waals surface area contributed by atoms with Crippen molar-refractivity contribution in [2.45, 2.75) is 59.1 Å². The van der Waals surface area contributed by atoms with Crippen LogP contribution in [0.3, 0.4) is 0 Å². The van der Waals surface area contributed by atoms with Crippen LogP contribution >= 0.6 is 0 Å². The van der Waals surface area contributed by atoms with Gasteiger partial charge in [0, 0.05) is 19.1 Å². The van der Waals surface area contributed by atoms with Crippen LogP contribution in [0.5, 0.6) is 0 Å². The van der Waals surface area contributed by atoms with Crippen molar-refractivity contribution in [3.63, 3.8) is 0 Å². The van der Waals surface area contributed by atoms with Gasteiger partial charge < -0.3 is 20.5 Å². The van der Waals surface area contributed by atoms with Gasteiger partial charge in [-0.25, -0.2) is 4.79 Å². The van der Waals surface area contributed by atoms with E-state index in [1.54, 1.807) is 18.7 Å². The molecule has 0 saturated carbocycles. The van der Waals surface area contributed by atoms with Crippen molar-refractivity contribution in [3.8, 4) is 0 Å². The Kier molecular flexibility index (Phi) is 7.57. The zero-order chi connectivity index (χ0) is 15.9. The van der Waals surface area contributed by atoms with Crippen LogP contribution in [0.2, 0.25) is 0 Å². The van der Waals surface area contributed by atoms with Crippen LogP contribution < -0.4 is 5.73 Å². The van der Waals surface area contributed by atoms with Crippen LogP contribution in [-0.4, -0.2) is 46.8 Å². The Morgan fingerprint density at radius 3 is 1.95 bits per heavy atom. The van der Waals surface area contributed by atoms with Gasteiger partial charge in [0.2, 0.25) is 0 Å². The number of aliphatic carboxylic acids is 1. The zero-order valence-corrected chi connectivity index (χ0v) is 13.2. The fourth-order valence-electron chi connectivity index (χ4n) is 1.41. The zero-order valence-electron chi connectivity index (χ0n) is 13.2. The number of ether oxygens (including phenoxy) is 1. The van der Waals surface area contributed by atoms with Gasteiger partial charge in [-0.1, -0.05) is 13.8 Å². The summed E-state index contributed by atoms with van der Waals surface area (Å²) in [6, 6.07) is 0.244. The Morgan fingerprint density at radius 1 is 1.25 bits per heavy atom. The van der Waals surface area contributed by atoms with Crippen molar-refractivity contribution in [1.82, 2.24) is 4.90 Å². The molecule has 1 saturated heterocycles. The third kappa shape index (κ3) is 8.74.